The molecule has 2 aromatic carbocycles. The van der Waals surface area contributed by atoms with Gasteiger partial charge in [-0.1, -0.05) is 6.07 Å². The number of methoxy groups -OCH3 is 2. The van der Waals surface area contributed by atoms with Gasteiger partial charge in [0.25, 0.3) is 0 Å². The van der Waals surface area contributed by atoms with Crippen LogP contribution in [0.5, 0.6) is 17.2 Å². The molecule has 1 N–H and O–H groups in total. The summed E-state index contributed by atoms with van der Waals surface area (Å²) in [4.78, 5) is 4.56. The van der Waals surface area contributed by atoms with Gasteiger partial charge in [0.2, 0.25) is 0 Å². The van der Waals surface area contributed by atoms with Crippen molar-refractivity contribution in [3.63, 3.8) is 0 Å². The first-order valence-electron chi connectivity index (χ1n) is 9.65. The molecule has 0 unspecified atom stereocenters. The van der Waals surface area contributed by atoms with E-state index in [1.165, 1.54) is 0 Å². The number of aromatic nitrogens is 2. The zero-order valence-electron chi connectivity index (χ0n) is 16.9. The molecule has 0 aliphatic carbocycles. The minimum absolute atomic E-state index is 0.133. The monoisotopic (exact) mass is 381 g/mol. The predicted molar refractivity (Wildman–Crippen MR) is 110 cm³/mol. The van der Waals surface area contributed by atoms with Gasteiger partial charge in [-0.15, -0.1) is 0 Å². The first-order chi connectivity index (χ1) is 13.6. The SMILES string of the molecule is COc1ccc(-c2cc(O[C@H](C)[C@@H]3CCNC3)c3c(c2)ncn3C)cc1OC. The van der Waals surface area contributed by atoms with Crippen molar-refractivity contribution in [1.29, 1.82) is 0 Å². The summed E-state index contributed by atoms with van der Waals surface area (Å²) in [6.45, 7) is 4.22. The molecule has 1 saturated heterocycles. The molecular weight excluding hydrogens is 354 g/mol. The number of hydrogen-bond donors (Lipinski definition) is 1. The van der Waals surface area contributed by atoms with E-state index in [4.69, 9.17) is 14.2 Å². The number of nitrogens with one attached hydrogen (secondary N) is 1. The molecule has 0 radical (unpaired) electrons. The van der Waals surface area contributed by atoms with Crippen LogP contribution in [0.25, 0.3) is 22.2 Å². The van der Waals surface area contributed by atoms with E-state index in [1.54, 1.807) is 14.2 Å². The van der Waals surface area contributed by atoms with Crippen molar-refractivity contribution in [1.82, 2.24) is 14.9 Å². The molecule has 4 rings (SSSR count). The van der Waals surface area contributed by atoms with Crippen molar-refractivity contribution in [3.8, 4) is 28.4 Å². The van der Waals surface area contributed by atoms with Crippen LogP contribution < -0.4 is 19.5 Å². The summed E-state index contributed by atoms with van der Waals surface area (Å²) in [7, 11) is 5.29. The van der Waals surface area contributed by atoms with E-state index in [0.29, 0.717) is 17.4 Å². The fraction of sp³-hybridized carbons (Fsp3) is 0.409. The smallest absolute Gasteiger partial charge is 0.161 e. The Bertz CT molecular complexity index is 977. The highest BCUT2D eigenvalue weighted by molar-refractivity contribution is 5.88. The van der Waals surface area contributed by atoms with Crippen molar-refractivity contribution in [2.45, 2.75) is 19.4 Å². The van der Waals surface area contributed by atoms with Gasteiger partial charge in [-0.05, 0) is 55.3 Å². The Labute approximate surface area is 165 Å². The Morgan fingerprint density at radius 1 is 1.07 bits per heavy atom. The summed E-state index contributed by atoms with van der Waals surface area (Å²) < 4.78 is 19.3. The van der Waals surface area contributed by atoms with Gasteiger partial charge < -0.3 is 24.1 Å². The van der Waals surface area contributed by atoms with Gasteiger partial charge in [0.15, 0.2) is 11.5 Å². The maximum absolute atomic E-state index is 6.46. The molecule has 148 valence electrons. The highest BCUT2D eigenvalue weighted by atomic mass is 16.5. The Balaban J connectivity index is 1.76. The minimum atomic E-state index is 0.133. The Kier molecular flexibility index (Phi) is 5.13. The molecule has 0 spiro atoms. The van der Waals surface area contributed by atoms with Crippen LogP contribution in [0.1, 0.15) is 13.3 Å². The zero-order chi connectivity index (χ0) is 19.7. The number of aryl methyl sites for hydroxylation is 1. The number of nitrogens with zero attached hydrogens (tertiary/aromatic N) is 2. The summed E-state index contributed by atoms with van der Waals surface area (Å²) in [5, 5.41) is 3.42. The van der Waals surface area contributed by atoms with Crippen molar-refractivity contribution < 1.29 is 14.2 Å². The van der Waals surface area contributed by atoms with Crippen LogP contribution in [0.3, 0.4) is 0 Å². The largest absolute Gasteiger partial charge is 0.493 e. The Morgan fingerprint density at radius 3 is 2.57 bits per heavy atom. The van der Waals surface area contributed by atoms with E-state index >= 15 is 0 Å². The summed E-state index contributed by atoms with van der Waals surface area (Å²) in [6, 6.07) is 10.1. The second-order valence-corrected chi connectivity index (χ2v) is 7.34. The van der Waals surface area contributed by atoms with Gasteiger partial charge in [0.05, 0.1) is 26.1 Å². The average Bonchev–Trinajstić information content (AvgIpc) is 3.38. The number of benzene rings is 2. The molecule has 6 heteroatoms. The van der Waals surface area contributed by atoms with Gasteiger partial charge in [-0.2, -0.15) is 0 Å². The summed E-state index contributed by atoms with van der Waals surface area (Å²) in [5.74, 6) is 2.80. The van der Waals surface area contributed by atoms with E-state index in [-0.39, 0.29) is 6.10 Å². The first kappa shape index (κ1) is 18.6. The normalized spacial score (nSPS) is 17.6. The van der Waals surface area contributed by atoms with Gasteiger partial charge >= 0.3 is 0 Å². The third kappa shape index (κ3) is 3.40. The maximum atomic E-state index is 6.46. The predicted octanol–water partition coefficient (Wildman–Crippen LogP) is 3.63. The van der Waals surface area contributed by atoms with E-state index in [0.717, 1.165) is 47.4 Å². The lowest BCUT2D eigenvalue weighted by Gasteiger charge is -2.21. The lowest BCUT2D eigenvalue weighted by molar-refractivity contribution is 0.163. The molecule has 3 aromatic rings. The van der Waals surface area contributed by atoms with Crippen molar-refractivity contribution >= 4 is 11.0 Å². The van der Waals surface area contributed by atoms with Crippen LogP contribution in [0.15, 0.2) is 36.7 Å². The fourth-order valence-corrected chi connectivity index (χ4v) is 3.90. The maximum Gasteiger partial charge on any atom is 0.161 e. The van der Waals surface area contributed by atoms with Crippen LogP contribution in [0, 0.1) is 5.92 Å². The molecule has 0 saturated carbocycles. The molecule has 0 bridgehead atoms. The molecule has 28 heavy (non-hydrogen) atoms. The van der Waals surface area contributed by atoms with Gasteiger partial charge in [0.1, 0.15) is 17.4 Å². The van der Waals surface area contributed by atoms with Crippen LogP contribution in [0.4, 0.5) is 0 Å². The number of ether oxygens (including phenoxy) is 3. The molecule has 1 aliphatic rings. The minimum Gasteiger partial charge on any atom is -0.493 e. The molecule has 6 nitrogen and oxygen atoms in total. The van der Waals surface area contributed by atoms with Crippen molar-refractivity contribution in [2.75, 3.05) is 27.3 Å². The fourth-order valence-electron chi connectivity index (χ4n) is 3.90. The lowest BCUT2D eigenvalue weighted by Crippen LogP contribution is -2.25. The number of fused-ring (bicyclic) bond motifs is 1. The third-order valence-electron chi connectivity index (χ3n) is 5.57. The van der Waals surface area contributed by atoms with Crippen LogP contribution >= 0.6 is 0 Å². The Morgan fingerprint density at radius 2 is 1.86 bits per heavy atom. The van der Waals surface area contributed by atoms with Gasteiger partial charge in [0, 0.05) is 19.5 Å². The lowest BCUT2D eigenvalue weighted by atomic mass is 10.0. The van der Waals surface area contributed by atoms with E-state index in [1.807, 2.05) is 36.1 Å². The standard InChI is InChI=1S/C22H27N3O3/c1-14(16-7-8-23-12-16)28-21-11-17(9-18-22(21)25(2)13-24-18)15-5-6-19(26-3)20(10-15)27-4/h5-6,9-11,13-14,16,23H,7-8,12H2,1-4H3/t14-,16-/m1/s1. The summed E-state index contributed by atoms with van der Waals surface area (Å²) in [5.41, 5.74) is 4.01. The Hall–Kier alpha value is -2.73. The topological polar surface area (TPSA) is 57.5 Å². The highest BCUT2D eigenvalue weighted by Gasteiger charge is 2.24. The first-order valence-corrected chi connectivity index (χ1v) is 9.65. The van der Waals surface area contributed by atoms with Gasteiger partial charge in [-0.25, -0.2) is 4.98 Å². The molecule has 1 aliphatic heterocycles. The summed E-state index contributed by atoms with van der Waals surface area (Å²) in [6.07, 6.45) is 3.11. The van der Waals surface area contributed by atoms with Crippen LogP contribution in [0.2, 0.25) is 0 Å². The van der Waals surface area contributed by atoms with Crippen molar-refractivity contribution in [3.05, 3.63) is 36.7 Å². The second kappa shape index (κ2) is 7.72. The molecule has 1 aromatic heterocycles. The molecule has 0 amide bonds. The van der Waals surface area contributed by atoms with E-state index in [2.05, 4.69) is 29.4 Å². The summed E-state index contributed by atoms with van der Waals surface area (Å²) >= 11 is 0. The van der Waals surface area contributed by atoms with Crippen LogP contribution in [-0.2, 0) is 7.05 Å². The zero-order valence-corrected chi connectivity index (χ0v) is 16.9. The van der Waals surface area contributed by atoms with E-state index < -0.39 is 0 Å². The quantitative estimate of drug-likeness (QED) is 0.707. The highest BCUT2D eigenvalue weighted by Crippen LogP contribution is 2.37. The molecule has 1 fully saturated rings. The molecule has 2 heterocycles. The number of rotatable bonds is 6. The molecule has 2 atom stereocenters. The second-order valence-electron chi connectivity index (χ2n) is 7.34. The third-order valence-corrected chi connectivity index (χ3v) is 5.57. The number of hydrogen-bond acceptors (Lipinski definition) is 5. The average molecular weight is 381 g/mol. The number of imidazole rings is 1. The van der Waals surface area contributed by atoms with Gasteiger partial charge in [-0.3, -0.25) is 0 Å². The van der Waals surface area contributed by atoms with E-state index in [9.17, 15) is 0 Å². The van der Waals surface area contributed by atoms with Crippen molar-refractivity contribution in [2.24, 2.45) is 13.0 Å². The van der Waals surface area contributed by atoms with Crippen LogP contribution in [-0.4, -0.2) is 43.0 Å². The molecular formula is C22H27N3O3.